The molecule has 0 amide bonds. The molecule has 1 aliphatic rings. The summed E-state index contributed by atoms with van der Waals surface area (Å²) >= 11 is 0. The van der Waals surface area contributed by atoms with Gasteiger partial charge in [0.25, 0.3) is 0 Å². The smallest absolute Gasteiger partial charge is 0.247 e. The zero-order chi connectivity index (χ0) is 11.8. The van der Waals surface area contributed by atoms with Gasteiger partial charge < -0.3 is 0 Å². The van der Waals surface area contributed by atoms with Crippen molar-refractivity contribution < 1.29 is 17.6 Å². The molecule has 0 radical (unpaired) electrons. The summed E-state index contributed by atoms with van der Waals surface area (Å²) in [4.78, 5) is 0. The summed E-state index contributed by atoms with van der Waals surface area (Å²) in [5.41, 5.74) is 0.793. The lowest BCUT2D eigenvalue weighted by Gasteiger charge is -2.08. The van der Waals surface area contributed by atoms with Gasteiger partial charge in [-0.2, -0.15) is 13.2 Å². The number of hydrogen-bond donors (Lipinski definition) is 0. The van der Waals surface area contributed by atoms with E-state index in [1.807, 2.05) is 0 Å². The van der Waals surface area contributed by atoms with Crippen molar-refractivity contribution >= 4 is 5.57 Å². The standard InChI is InChI=1S/C12H10F4/c13-11-6-3-9(7-11)8-1-4-10(5-2-8)12(14,15)16/h1-5,11H,6-7H2. The second-order valence-electron chi connectivity index (χ2n) is 3.84. The van der Waals surface area contributed by atoms with Gasteiger partial charge in [-0.15, -0.1) is 0 Å². The van der Waals surface area contributed by atoms with Gasteiger partial charge in [0.2, 0.25) is 0 Å². The molecule has 0 aliphatic heterocycles. The molecule has 0 N–H and O–H groups in total. The Morgan fingerprint density at radius 1 is 1.06 bits per heavy atom. The summed E-state index contributed by atoms with van der Waals surface area (Å²) in [6, 6.07) is 4.85. The normalized spacial score (nSPS) is 21.0. The summed E-state index contributed by atoms with van der Waals surface area (Å²) in [5.74, 6) is 0. The lowest BCUT2D eigenvalue weighted by Crippen LogP contribution is -2.04. The summed E-state index contributed by atoms with van der Waals surface area (Å²) in [6.45, 7) is 0. The molecule has 1 atom stereocenters. The molecular formula is C12H10F4. The Balaban J connectivity index is 2.20. The highest BCUT2D eigenvalue weighted by Gasteiger charge is 2.30. The van der Waals surface area contributed by atoms with Crippen LogP contribution in [-0.2, 0) is 6.18 Å². The molecule has 1 aliphatic carbocycles. The molecule has 0 saturated heterocycles. The number of hydrogen-bond acceptors (Lipinski definition) is 0. The molecule has 0 nitrogen and oxygen atoms in total. The average molecular weight is 230 g/mol. The van der Waals surface area contributed by atoms with Crippen molar-refractivity contribution in [2.45, 2.75) is 25.2 Å². The predicted octanol–water partition coefficient (Wildman–Crippen LogP) is 4.22. The number of alkyl halides is 4. The molecule has 2 rings (SSSR count). The number of halogens is 4. The molecule has 1 unspecified atom stereocenters. The first-order valence-electron chi connectivity index (χ1n) is 4.97. The number of allylic oxidation sites excluding steroid dienone is 2. The molecular weight excluding hydrogens is 220 g/mol. The van der Waals surface area contributed by atoms with Crippen molar-refractivity contribution in [3.05, 3.63) is 41.5 Å². The third-order valence-corrected chi connectivity index (χ3v) is 2.64. The molecule has 16 heavy (non-hydrogen) atoms. The molecule has 4 heteroatoms. The van der Waals surface area contributed by atoms with Crippen LogP contribution in [0.25, 0.3) is 5.57 Å². The Morgan fingerprint density at radius 2 is 1.69 bits per heavy atom. The largest absolute Gasteiger partial charge is 0.416 e. The monoisotopic (exact) mass is 230 g/mol. The van der Waals surface area contributed by atoms with E-state index in [4.69, 9.17) is 0 Å². The van der Waals surface area contributed by atoms with Crippen LogP contribution in [0.5, 0.6) is 0 Å². The minimum absolute atomic E-state index is 0.297. The lowest BCUT2D eigenvalue weighted by atomic mass is 10.0. The van der Waals surface area contributed by atoms with E-state index < -0.39 is 17.9 Å². The molecule has 0 aromatic heterocycles. The molecule has 0 heterocycles. The Bertz CT molecular complexity index is 400. The molecule has 1 aromatic carbocycles. The van der Waals surface area contributed by atoms with E-state index in [1.54, 1.807) is 6.08 Å². The Morgan fingerprint density at radius 3 is 2.12 bits per heavy atom. The topological polar surface area (TPSA) is 0 Å². The zero-order valence-corrected chi connectivity index (χ0v) is 8.39. The van der Waals surface area contributed by atoms with E-state index >= 15 is 0 Å². The lowest BCUT2D eigenvalue weighted by molar-refractivity contribution is -0.137. The first-order chi connectivity index (χ1) is 7.47. The maximum absolute atomic E-state index is 12.9. The van der Waals surface area contributed by atoms with Crippen LogP contribution in [0, 0.1) is 0 Å². The van der Waals surface area contributed by atoms with Gasteiger partial charge in [0.05, 0.1) is 5.56 Å². The highest BCUT2D eigenvalue weighted by molar-refractivity contribution is 5.68. The van der Waals surface area contributed by atoms with Gasteiger partial charge in [0.15, 0.2) is 0 Å². The number of rotatable bonds is 1. The fourth-order valence-electron chi connectivity index (χ4n) is 1.78. The van der Waals surface area contributed by atoms with Gasteiger partial charge >= 0.3 is 6.18 Å². The average Bonchev–Trinajstić information content (AvgIpc) is 2.64. The van der Waals surface area contributed by atoms with Crippen LogP contribution >= 0.6 is 0 Å². The number of benzene rings is 1. The van der Waals surface area contributed by atoms with Gasteiger partial charge in [-0.3, -0.25) is 0 Å². The quantitative estimate of drug-likeness (QED) is 0.633. The van der Waals surface area contributed by atoms with E-state index in [1.165, 1.54) is 12.1 Å². The van der Waals surface area contributed by atoms with Crippen LogP contribution in [0.4, 0.5) is 17.6 Å². The highest BCUT2D eigenvalue weighted by atomic mass is 19.4. The van der Waals surface area contributed by atoms with Crippen molar-refractivity contribution in [1.82, 2.24) is 0 Å². The fourth-order valence-corrected chi connectivity index (χ4v) is 1.78. The second kappa shape index (κ2) is 3.92. The van der Waals surface area contributed by atoms with Crippen molar-refractivity contribution in [3.63, 3.8) is 0 Å². The van der Waals surface area contributed by atoms with E-state index in [-0.39, 0.29) is 0 Å². The first-order valence-corrected chi connectivity index (χ1v) is 4.97. The summed E-state index contributed by atoms with van der Waals surface area (Å²) < 4.78 is 49.7. The van der Waals surface area contributed by atoms with Crippen molar-refractivity contribution in [1.29, 1.82) is 0 Å². The van der Waals surface area contributed by atoms with Crippen LogP contribution in [-0.4, -0.2) is 6.17 Å². The van der Waals surface area contributed by atoms with E-state index in [0.717, 1.165) is 17.7 Å². The van der Waals surface area contributed by atoms with Gasteiger partial charge in [-0.05, 0) is 29.7 Å². The van der Waals surface area contributed by atoms with Gasteiger partial charge in [0, 0.05) is 6.42 Å². The molecule has 0 bridgehead atoms. The Labute approximate surface area is 90.6 Å². The maximum Gasteiger partial charge on any atom is 0.416 e. The van der Waals surface area contributed by atoms with E-state index in [9.17, 15) is 17.6 Å². The second-order valence-corrected chi connectivity index (χ2v) is 3.84. The van der Waals surface area contributed by atoms with Crippen LogP contribution in [0.15, 0.2) is 30.3 Å². The Hall–Kier alpha value is -1.32. The third-order valence-electron chi connectivity index (χ3n) is 2.64. The maximum atomic E-state index is 12.9. The van der Waals surface area contributed by atoms with Crippen LogP contribution < -0.4 is 0 Å². The van der Waals surface area contributed by atoms with Gasteiger partial charge in [0.1, 0.15) is 6.17 Å². The Kier molecular flexibility index (Phi) is 2.74. The minimum atomic E-state index is -4.31. The SMILES string of the molecule is FC1CC=C(c2ccc(C(F)(F)F)cc2)C1. The zero-order valence-electron chi connectivity index (χ0n) is 8.39. The molecule has 86 valence electrons. The van der Waals surface area contributed by atoms with E-state index in [0.29, 0.717) is 18.4 Å². The van der Waals surface area contributed by atoms with Crippen molar-refractivity contribution in [2.24, 2.45) is 0 Å². The summed E-state index contributed by atoms with van der Waals surface area (Å²) in [6.07, 6.45) is -2.81. The molecule has 0 saturated carbocycles. The molecule has 0 fully saturated rings. The highest BCUT2D eigenvalue weighted by Crippen LogP contribution is 2.33. The van der Waals surface area contributed by atoms with Crippen LogP contribution in [0.3, 0.4) is 0 Å². The molecule has 0 spiro atoms. The first kappa shape index (κ1) is 11.2. The summed E-state index contributed by atoms with van der Waals surface area (Å²) in [5, 5.41) is 0. The van der Waals surface area contributed by atoms with Gasteiger partial charge in [-0.1, -0.05) is 18.2 Å². The predicted molar refractivity (Wildman–Crippen MR) is 53.6 cm³/mol. The van der Waals surface area contributed by atoms with Gasteiger partial charge in [-0.25, -0.2) is 4.39 Å². The van der Waals surface area contributed by atoms with Crippen molar-refractivity contribution in [3.8, 4) is 0 Å². The minimum Gasteiger partial charge on any atom is -0.247 e. The van der Waals surface area contributed by atoms with Crippen LogP contribution in [0.2, 0.25) is 0 Å². The van der Waals surface area contributed by atoms with Crippen molar-refractivity contribution in [2.75, 3.05) is 0 Å². The molecule has 1 aromatic rings. The fraction of sp³-hybridized carbons (Fsp3) is 0.333. The van der Waals surface area contributed by atoms with Crippen LogP contribution in [0.1, 0.15) is 24.0 Å². The third kappa shape index (κ3) is 2.26. The van der Waals surface area contributed by atoms with E-state index in [2.05, 4.69) is 0 Å². The summed E-state index contributed by atoms with van der Waals surface area (Å²) in [7, 11) is 0.